The van der Waals surface area contributed by atoms with E-state index in [0.29, 0.717) is 19.8 Å². The van der Waals surface area contributed by atoms with E-state index in [4.69, 9.17) is 9.47 Å². The van der Waals surface area contributed by atoms with Crippen molar-refractivity contribution < 1.29 is 14.3 Å². The maximum absolute atomic E-state index is 12.1. The summed E-state index contributed by atoms with van der Waals surface area (Å²) in [5, 5.41) is 0. The van der Waals surface area contributed by atoms with Gasteiger partial charge in [0.2, 0.25) is 0 Å². The van der Waals surface area contributed by atoms with Crippen LogP contribution in [-0.4, -0.2) is 67.9 Å². The van der Waals surface area contributed by atoms with Gasteiger partial charge in [-0.2, -0.15) is 0 Å². The SMILES string of the molecule is CCO[C@H]1CC[C@H]2[C@@H]1OCCN2C(=O)N(C)C. The minimum absolute atomic E-state index is 0.0626. The molecule has 0 N–H and O–H groups in total. The van der Waals surface area contributed by atoms with Crippen LogP contribution in [0.1, 0.15) is 19.8 Å². The largest absolute Gasteiger partial charge is 0.376 e. The van der Waals surface area contributed by atoms with Crippen LogP contribution in [0.15, 0.2) is 0 Å². The zero-order valence-electron chi connectivity index (χ0n) is 10.9. The molecule has 2 amide bonds. The van der Waals surface area contributed by atoms with E-state index >= 15 is 0 Å². The predicted octanol–water partition coefficient (Wildman–Crippen LogP) is 0.936. The van der Waals surface area contributed by atoms with E-state index in [1.54, 1.807) is 19.0 Å². The molecule has 2 rings (SSSR count). The maximum Gasteiger partial charge on any atom is 0.319 e. The van der Waals surface area contributed by atoms with Crippen molar-refractivity contribution in [2.24, 2.45) is 0 Å². The van der Waals surface area contributed by atoms with Gasteiger partial charge in [0.1, 0.15) is 6.10 Å². The number of carbonyl (C=O) groups excluding carboxylic acids is 1. The molecule has 0 aromatic heterocycles. The third-order valence-corrected chi connectivity index (χ3v) is 3.54. The van der Waals surface area contributed by atoms with Gasteiger partial charge in [-0.15, -0.1) is 0 Å². The number of urea groups is 1. The van der Waals surface area contributed by atoms with Gasteiger partial charge in [-0.1, -0.05) is 0 Å². The van der Waals surface area contributed by atoms with E-state index in [-0.39, 0.29) is 24.3 Å². The summed E-state index contributed by atoms with van der Waals surface area (Å²) in [6.07, 6.45) is 2.19. The Morgan fingerprint density at radius 2 is 2.24 bits per heavy atom. The molecule has 0 aromatic rings. The van der Waals surface area contributed by atoms with Crippen molar-refractivity contribution in [2.75, 3.05) is 33.9 Å². The van der Waals surface area contributed by atoms with Crippen LogP contribution >= 0.6 is 0 Å². The molecule has 0 spiro atoms. The van der Waals surface area contributed by atoms with Crippen molar-refractivity contribution in [1.29, 1.82) is 0 Å². The lowest BCUT2D eigenvalue weighted by Crippen LogP contribution is -2.56. The Balaban J connectivity index is 2.05. The first-order valence-electron chi connectivity index (χ1n) is 6.36. The molecule has 1 saturated carbocycles. The number of fused-ring (bicyclic) bond motifs is 1. The number of rotatable bonds is 2. The number of carbonyl (C=O) groups is 1. The molecule has 5 nitrogen and oxygen atoms in total. The molecule has 1 aliphatic carbocycles. The third-order valence-electron chi connectivity index (χ3n) is 3.54. The summed E-state index contributed by atoms with van der Waals surface area (Å²) in [7, 11) is 3.59. The van der Waals surface area contributed by atoms with E-state index < -0.39 is 0 Å². The summed E-state index contributed by atoms with van der Waals surface area (Å²) in [4.78, 5) is 15.6. The molecule has 2 aliphatic rings. The van der Waals surface area contributed by atoms with Gasteiger partial charge in [-0.25, -0.2) is 4.79 Å². The smallest absolute Gasteiger partial charge is 0.319 e. The number of hydrogen-bond acceptors (Lipinski definition) is 3. The standard InChI is InChI=1S/C12H22N2O3/c1-4-16-10-6-5-9-11(10)17-8-7-14(9)12(15)13(2)3/h9-11H,4-8H2,1-3H3/t9-,10-,11-/m0/s1. The Bertz CT molecular complexity index is 283. The molecule has 0 radical (unpaired) electrons. The van der Waals surface area contributed by atoms with E-state index in [9.17, 15) is 4.79 Å². The summed E-state index contributed by atoms with van der Waals surface area (Å²) in [5.74, 6) is 0. The van der Waals surface area contributed by atoms with Gasteiger partial charge < -0.3 is 19.3 Å². The van der Waals surface area contributed by atoms with Crippen LogP contribution in [-0.2, 0) is 9.47 Å². The molecule has 0 aromatic carbocycles. The minimum atomic E-state index is 0.0626. The van der Waals surface area contributed by atoms with Crippen molar-refractivity contribution >= 4 is 6.03 Å². The Labute approximate surface area is 103 Å². The second-order valence-electron chi connectivity index (χ2n) is 4.84. The number of amides is 2. The minimum Gasteiger partial charge on any atom is -0.376 e. The lowest BCUT2D eigenvalue weighted by Gasteiger charge is -2.40. The Morgan fingerprint density at radius 1 is 1.47 bits per heavy atom. The van der Waals surface area contributed by atoms with Crippen LogP contribution in [0.5, 0.6) is 0 Å². The second-order valence-corrected chi connectivity index (χ2v) is 4.84. The average molecular weight is 242 g/mol. The fourth-order valence-electron chi connectivity index (χ4n) is 2.80. The van der Waals surface area contributed by atoms with Crippen molar-refractivity contribution in [1.82, 2.24) is 9.80 Å². The summed E-state index contributed by atoms with van der Waals surface area (Å²) in [6.45, 7) is 4.01. The molecular formula is C12H22N2O3. The van der Waals surface area contributed by atoms with Gasteiger partial charge in [-0.05, 0) is 19.8 Å². The van der Waals surface area contributed by atoms with E-state index in [1.807, 2.05) is 11.8 Å². The summed E-state index contributed by atoms with van der Waals surface area (Å²) in [5.41, 5.74) is 0. The molecule has 0 unspecified atom stereocenters. The van der Waals surface area contributed by atoms with Gasteiger partial charge in [-0.3, -0.25) is 0 Å². The summed E-state index contributed by atoms with van der Waals surface area (Å²) >= 11 is 0. The lowest BCUT2D eigenvalue weighted by atomic mass is 10.1. The molecular weight excluding hydrogens is 220 g/mol. The summed E-state index contributed by atoms with van der Waals surface area (Å²) < 4.78 is 11.5. The molecule has 5 heteroatoms. The Kier molecular flexibility index (Phi) is 3.89. The topological polar surface area (TPSA) is 42.0 Å². The molecule has 3 atom stereocenters. The quantitative estimate of drug-likeness (QED) is 0.723. The highest BCUT2D eigenvalue weighted by atomic mass is 16.5. The molecule has 1 saturated heterocycles. The number of morpholine rings is 1. The monoisotopic (exact) mass is 242 g/mol. The third kappa shape index (κ3) is 2.40. The molecule has 1 aliphatic heterocycles. The zero-order valence-corrected chi connectivity index (χ0v) is 10.9. The highest BCUT2D eigenvalue weighted by Crippen LogP contribution is 2.32. The van der Waals surface area contributed by atoms with Crippen LogP contribution in [0.3, 0.4) is 0 Å². The molecule has 17 heavy (non-hydrogen) atoms. The van der Waals surface area contributed by atoms with Crippen molar-refractivity contribution in [2.45, 2.75) is 38.0 Å². The molecule has 0 bridgehead atoms. The number of nitrogens with zero attached hydrogens (tertiary/aromatic N) is 2. The van der Waals surface area contributed by atoms with Crippen LogP contribution in [0.4, 0.5) is 4.79 Å². The Hall–Kier alpha value is -0.810. The van der Waals surface area contributed by atoms with Gasteiger partial charge in [0.15, 0.2) is 0 Å². The second kappa shape index (κ2) is 5.23. The first kappa shape index (κ1) is 12.6. The van der Waals surface area contributed by atoms with Crippen molar-refractivity contribution in [3.63, 3.8) is 0 Å². The van der Waals surface area contributed by atoms with Gasteiger partial charge in [0.05, 0.1) is 18.8 Å². The van der Waals surface area contributed by atoms with E-state index in [2.05, 4.69) is 0 Å². The van der Waals surface area contributed by atoms with E-state index in [0.717, 1.165) is 12.8 Å². The normalized spacial score (nSPS) is 32.4. The van der Waals surface area contributed by atoms with Crippen LogP contribution < -0.4 is 0 Å². The van der Waals surface area contributed by atoms with E-state index in [1.165, 1.54) is 0 Å². The average Bonchev–Trinajstić information content (AvgIpc) is 2.72. The van der Waals surface area contributed by atoms with Gasteiger partial charge in [0.25, 0.3) is 0 Å². The predicted molar refractivity (Wildman–Crippen MR) is 64.0 cm³/mol. The summed E-state index contributed by atoms with van der Waals surface area (Å²) in [6, 6.07) is 0.274. The highest BCUT2D eigenvalue weighted by molar-refractivity contribution is 5.74. The first-order valence-corrected chi connectivity index (χ1v) is 6.36. The highest BCUT2D eigenvalue weighted by Gasteiger charge is 2.45. The Morgan fingerprint density at radius 3 is 2.88 bits per heavy atom. The number of hydrogen-bond donors (Lipinski definition) is 0. The zero-order chi connectivity index (χ0) is 12.4. The fourth-order valence-corrected chi connectivity index (χ4v) is 2.80. The van der Waals surface area contributed by atoms with Crippen LogP contribution in [0, 0.1) is 0 Å². The lowest BCUT2D eigenvalue weighted by molar-refractivity contribution is -0.102. The van der Waals surface area contributed by atoms with Crippen LogP contribution in [0.25, 0.3) is 0 Å². The molecule has 2 fully saturated rings. The van der Waals surface area contributed by atoms with Gasteiger partial charge >= 0.3 is 6.03 Å². The fraction of sp³-hybridized carbons (Fsp3) is 0.917. The molecule has 98 valence electrons. The maximum atomic E-state index is 12.1. The molecule has 1 heterocycles. The van der Waals surface area contributed by atoms with Crippen molar-refractivity contribution in [3.8, 4) is 0 Å². The van der Waals surface area contributed by atoms with Gasteiger partial charge in [0, 0.05) is 27.2 Å². The first-order chi connectivity index (χ1) is 8.15. The van der Waals surface area contributed by atoms with Crippen LogP contribution in [0.2, 0.25) is 0 Å². The van der Waals surface area contributed by atoms with Crippen molar-refractivity contribution in [3.05, 3.63) is 0 Å². The number of ether oxygens (including phenoxy) is 2.